The van der Waals surface area contributed by atoms with E-state index in [1.54, 1.807) is 17.0 Å². The van der Waals surface area contributed by atoms with Gasteiger partial charge in [0.05, 0.1) is 17.6 Å². The molecule has 0 atom stereocenters. The molecule has 0 spiro atoms. The van der Waals surface area contributed by atoms with E-state index in [2.05, 4.69) is 55.8 Å². The normalized spacial score (nSPS) is 11.0. The van der Waals surface area contributed by atoms with Crippen LogP contribution in [-0.2, 0) is 0 Å². The van der Waals surface area contributed by atoms with Crippen LogP contribution >= 0.6 is 15.9 Å². The Morgan fingerprint density at radius 3 is 2.14 bits per heavy atom. The molecule has 0 saturated heterocycles. The Balaban J connectivity index is 1.44. The fraction of sp³-hybridized carbons (Fsp3) is 0. The summed E-state index contributed by atoms with van der Waals surface area (Å²) in [5.41, 5.74) is 8.65. The lowest BCUT2D eigenvalue weighted by Crippen LogP contribution is -2.18. The number of hydrogen-bond donors (Lipinski definition) is 1. The van der Waals surface area contributed by atoms with Crippen LogP contribution in [0.25, 0.3) is 28.1 Å². The number of aromatic nitrogens is 2. The minimum absolute atomic E-state index is 0.280. The third-order valence-corrected chi connectivity index (χ3v) is 5.95. The van der Waals surface area contributed by atoms with Crippen molar-refractivity contribution in [2.45, 2.75) is 0 Å². The van der Waals surface area contributed by atoms with Crippen molar-refractivity contribution < 1.29 is 4.79 Å². The molecule has 0 radical (unpaired) electrons. The van der Waals surface area contributed by atoms with E-state index in [1.165, 1.54) is 0 Å². The van der Waals surface area contributed by atoms with Gasteiger partial charge in [0.25, 0.3) is 5.91 Å². The molecular formula is C29H21BrN4O. The topological polar surface area (TPSA) is 59.3 Å². The van der Waals surface area contributed by atoms with Crippen LogP contribution in [0.4, 0.5) is 0 Å². The molecule has 5 nitrogen and oxygen atoms in total. The molecule has 5 rings (SSSR count). The van der Waals surface area contributed by atoms with Crippen molar-refractivity contribution in [3.05, 3.63) is 131 Å². The van der Waals surface area contributed by atoms with E-state index in [0.29, 0.717) is 0 Å². The number of amides is 1. The van der Waals surface area contributed by atoms with E-state index in [-0.39, 0.29) is 11.6 Å². The van der Waals surface area contributed by atoms with Crippen molar-refractivity contribution in [1.82, 2.24) is 15.2 Å². The molecule has 0 unspecified atom stereocenters. The summed E-state index contributed by atoms with van der Waals surface area (Å²) in [6, 6.07) is 37.7. The summed E-state index contributed by atoms with van der Waals surface area (Å²) in [5.74, 6) is -0.381. The zero-order chi connectivity index (χ0) is 24.0. The van der Waals surface area contributed by atoms with Gasteiger partial charge >= 0.3 is 0 Å². The minimum Gasteiger partial charge on any atom is -0.265 e. The Kier molecular flexibility index (Phi) is 6.63. The standard InChI is InChI=1S/C29H21BrN4O/c30-25-11-7-8-21(18-25)20-31-32-29(35)27-19-28(34(33-27)26-12-5-2-6-13-26)24-16-14-23(15-17-24)22-9-3-1-4-10-22/h1-20H,(H,32,35)/b31-20-. The number of nitrogens with one attached hydrogen (secondary N) is 1. The van der Waals surface area contributed by atoms with Crippen molar-refractivity contribution in [2.75, 3.05) is 0 Å². The third kappa shape index (κ3) is 5.28. The van der Waals surface area contributed by atoms with Crippen LogP contribution < -0.4 is 5.43 Å². The summed E-state index contributed by atoms with van der Waals surface area (Å²) in [7, 11) is 0. The Morgan fingerprint density at radius 2 is 1.43 bits per heavy atom. The second-order valence-corrected chi connectivity index (χ2v) is 8.78. The van der Waals surface area contributed by atoms with Gasteiger partial charge in [0, 0.05) is 10.0 Å². The SMILES string of the molecule is O=C(N/N=C\c1cccc(Br)c1)c1cc(-c2ccc(-c3ccccc3)cc2)n(-c2ccccc2)n1. The highest BCUT2D eigenvalue weighted by atomic mass is 79.9. The largest absolute Gasteiger partial charge is 0.291 e. The molecule has 0 aliphatic carbocycles. The number of hydrogen-bond acceptors (Lipinski definition) is 3. The van der Waals surface area contributed by atoms with Crippen LogP contribution in [-0.4, -0.2) is 21.9 Å². The van der Waals surface area contributed by atoms with Crippen molar-refractivity contribution in [3.63, 3.8) is 0 Å². The maximum absolute atomic E-state index is 12.9. The van der Waals surface area contributed by atoms with Crippen molar-refractivity contribution in [3.8, 4) is 28.1 Å². The summed E-state index contributed by atoms with van der Waals surface area (Å²) >= 11 is 3.43. The van der Waals surface area contributed by atoms with Gasteiger partial charge < -0.3 is 0 Å². The van der Waals surface area contributed by atoms with Crippen LogP contribution in [0.5, 0.6) is 0 Å². The Morgan fingerprint density at radius 1 is 0.771 bits per heavy atom. The summed E-state index contributed by atoms with van der Waals surface area (Å²) in [5, 5.41) is 8.69. The lowest BCUT2D eigenvalue weighted by molar-refractivity contribution is 0.0949. The molecule has 0 saturated carbocycles. The molecule has 0 fully saturated rings. The first-order chi connectivity index (χ1) is 17.2. The number of benzene rings is 4. The van der Waals surface area contributed by atoms with Gasteiger partial charge in [0.15, 0.2) is 5.69 Å². The maximum atomic E-state index is 12.9. The Bertz CT molecular complexity index is 1480. The van der Waals surface area contributed by atoms with Crippen LogP contribution in [0, 0.1) is 0 Å². The number of carbonyl (C=O) groups is 1. The molecule has 6 heteroatoms. The lowest BCUT2D eigenvalue weighted by atomic mass is 10.0. The number of halogens is 1. The third-order valence-electron chi connectivity index (χ3n) is 5.46. The van der Waals surface area contributed by atoms with Crippen LogP contribution in [0.15, 0.2) is 125 Å². The van der Waals surface area contributed by atoms with Crippen molar-refractivity contribution in [1.29, 1.82) is 0 Å². The van der Waals surface area contributed by atoms with Crippen LogP contribution in [0.1, 0.15) is 16.1 Å². The zero-order valence-electron chi connectivity index (χ0n) is 18.7. The quantitative estimate of drug-likeness (QED) is 0.199. The van der Waals surface area contributed by atoms with Crippen molar-refractivity contribution in [2.24, 2.45) is 5.10 Å². The average molecular weight is 521 g/mol. The van der Waals surface area contributed by atoms with E-state index < -0.39 is 0 Å². The molecule has 35 heavy (non-hydrogen) atoms. The van der Waals surface area contributed by atoms with E-state index in [1.807, 2.05) is 84.9 Å². The molecule has 1 amide bonds. The number of rotatable bonds is 6. The van der Waals surface area contributed by atoms with Gasteiger partial charge in [0.1, 0.15) is 0 Å². The highest BCUT2D eigenvalue weighted by Gasteiger charge is 2.16. The van der Waals surface area contributed by atoms with Gasteiger partial charge in [-0.3, -0.25) is 4.79 Å². The predicted octanol–water partition coefficient (Wildman–Crippen LogP) is 6.73. The first kappa shape index (κ1) is 22.5. The first-order valence-electron chi connectivity index (χ1n) is 11.1. The molecule has 1 N–H and O–H groups in total. The molecular weight excluding hydrogens is 500 g/mol. The van der Waals surface area contributed by atoms with Crippen LogP contribution in [0.2, 0.25) is 0 Å². The molecule has 1 aromatic heterocycles. The van der Waals surface area contributed by atoms with Gasteiger partial charge in [-0.15, -0.1) is 0 Å². The second-order valence-electron chi connectivity index (χ2n) is 7.86. The summed E-state index contributed by atoms with van der Waals surface area (Å²) in [6.45, 7) is 0. The second kappa shape index (κ2) is 10.3. The lowest BCUT2D eigenvalue weighted by Gasteiger charge is -2.08. The van der Waals surface area contributed by atoms with Gasteiger partial charge in [-0.1, -0.05) is 101 Å². The molecule has 5 aromatic rings. The molecule has 1 heterocycles. The van der Waals surface area contributed by atoms with Gasteiger partial charge in [-0.05, 0) is 47.0 Å². The monoisotopic (exact) mass is 520 g/mol. The molecule has 0 aliphatic heterocycles. The summed E-state index contributed by atoms with van der Waals surface area (Å²) in [6.07, 6.45) is 1.60. The minimum atomic E-state index is -0.381. The van der Waals surface area contributed by atoms with E-state index in [4.69, 9.17) is 0 Å². The fourth-order valence-corrected chi connectivity index (χ4v) is 4.15. The average Bonchev–Trinajstić information content (AvgIpc) is 3.36. The van der Waals surface area contributed by atoms with Crippen molar-refractivity contribution >= 4 is 28.1 Å². The number of hydrazone groups is 1. The Labute approximate surface area is 211 Å². The number of nitrogens with zero attached hydrogens (tertiary/aromatic N) is 3. The van der Waals surface area contributed by atoms with Gasteiger partial charge in [0.2, 0.25) is 0 Å². The zero-order valence-corrected chi connectivity index (χ0v) is 20.3. The summed E-state index contributed by atoms with van der Waals surface area (Å²) in [4.78, 5) is 12.9. The van der Waals surface area contributed by atoms with Crippen LogP contribution in [0.3, 0.4) is 0 Å². The molecule has 0 aliphatic rings. The number of para-hydroxylation sites is 1. The maximum Gasteiger partial charge on any atom is 0.291 e. The van der Waals surface area contributed by atoms with Gasteiger partial charge in [-0.25, -0.2) is 10.1 Å². The highest BCUT2D eigenvalue weighted by molar-refractivity contribution is 9.10. The highest BCUT2D eigenvalue weighted by Crippen LogP contribution is 2.27. The number of carbonyl (C=O) groups excluding carboxylic acids is 1. The smallest absolute Gasteiger partial charge is 0.265 e. The Hall–Kier alpha value is -4.29. The van der Waals surface area contributed by atoms with E-state index in [0.717, 1.165) is 38.1 Å². The molecule has 170 valence electrons. The fourth-order valence-electron chi connectivity index (χ4n) is 3.74. The van der Waals surface area contributed by atoms with E-state index in [9.17, 15) is 4.79 Å². The first-order valence-corrected chi connectivity index (χ1v) is 11.9. The molecule has 4 aromatic carbocycles. The predicted molar refractivity (Wildman–Crippen MR) is 144 cm³/mol. The van der Waals surface area contributed by atoms with E-state index >= 15 is 0 Å². The molecule has 0 bridgehead atoms. The summed E-state index contributed by atoms with van der Waals surface area (Å²) < 4.78 is 2.72. The van der Waals surface area contributed by atoms with Gasteiger partial charge in [-0.2, -0.15) is 10.2 Å².